The third kappa shape index (κ3) is 9.05. The van der Waals surface area contributed by atoms with Gasteiger partial charge in [0.25, 0.3) is 0 Å². The first-order chi connectivity index (χ1) is 10.2. The first-order valence-electron chi connectivity index (χ1n) is 7.04. The minimum atomic E-state index is -0.306. The Hall–Kier alpha value is -0.210. The van der Waals surface area contributed by atoms with Gasteiger partial charge in [0.1, 0.15) is 5.82 Å². The molecular weight excluding hydrogens is 436 g/mol. The van der Waals surface area contributed by atoms with Crippen LogP contribution in [0.5, 0.6) is 0 Å². The molecule has 22 heavy (non-hydrogen) atoms. The zero-order chi connectivity index (χ0) is 15.5. The van der Waals surface area contributed by atoms with E-state index in [0.29, 0.717) is 11.6 Å². The molecule has 0 saturated heterocycles. The van der Waals surface area contributed by atoms with Crippen molar-refractivity contribution in [2.75, 3.05) is 32.1 Å². The third-order valence-electron chi connectivity index (χ3n) is 2.99. The van der Waals surface area contributed by atoms with E-state index in [9.17, 15) is 4.39 Å². The molecule has 1 rings (SSSR count). The van der Waals surface area contributed by atoms with Crippen molar-refractivity contribution < 1.29 is 4.39 Å². The van der Waals surface area contributed by atoms with E-state index < -0.39 is 0 Å². The Morgan fingerprint density at radius 3 is 2.64 bits per heavy atom. The molecule has 2 N–H and O–H groups in total. The summed E-state index contributed by atoms with van der Waals surface area (Å²) in [4.78, 5) is 4.17. The fourth-order valence-electron chi connectivity index (χ4n) is 1.84. The Morgan fingerprint density at radius 2 is 2.00 bits per heavy atom. The van der Waals surface area contributed by atoms with Crippen molar-refractivity contribution >= 4 is 53.3 Å². The molecule has 0 bridgehead atoms. The molecule has 0 spiro atoms. The van der Waals surface area contributed by atoms with Gasteiger partial charge < -0.3 is 10.6 Å². The van der Waals surface area contributed by atoms with Crippen LogP contribution in [0, 0.1) is 5.82 Å². The number of guanidine groups is 1. The summed E-state index contributed by atoms with van der Waals surface area (Å²) in [6.07, 6.45) is 5.18. The molecule has 0 fully saturated rings. The quantitative estimate of drug-likeness (QED) is 0.267. The standard InChI is InChI=1S/C15H23ClFN3S.HI/c1-18-15(19-8-3-4-10-21-2)20-9-7-12-5-6-13(17)11-14(12)16;/h5-6,11H,3-4,7-10H2,1-2H3,(H2,18,19,20);1H. The normalized spacial score (nSPS) is 11.0. The van der Waals surface area contributed by atoms with Crippen LogP contribution < -0.4 is 10.6 Å². The van der Waals surface area contributed by atoms with E-state index in [1.54, 1.807) is 13.1 Å². The van der Waals surface area contributed by atoms with Crippen LogP contribution in [0.15, 0.2) is 23.2 Å². The van der Waals surface area contributed by atoms with Crippen molar-refractivity contribution in [2.24, 2.45) is 4.99 Å². The lowest BCUT2D eigenvalue weighted by Gasteiger charge is -2.12. The topological polar surface area (TPSA) is 36.4 Å². The molecule has 0 unspecified atom stereocenters. The van der Waals surface area contributed by atoms with Gasteiger partial charge in [0.15, 0.2) is 5.96 Å². The zero-order valence-electron chi connectivity index (χ0n) is 13.0. The van der Waals surface area contributed by atoms with E-state index in [-0.39, 0.29) is 29.8 Å². The van der Waals surface area contributed by atoms with Crippen molar-refractivity contribution in [3.05, 3.63) is 34.6 Å². The molecule has 0 radical (unpaired) electrons. The summed E-state index contributed by atoms with van der Waals surface area (Å²) in [5, 5.41) is 6.98. The van der Waals surface area contributed by atoms with Gasteiger partial charge in [0.2, 0.25) is 0 Å². The Labute approximate surface area is 158 Å². The van der Waals surface area contributed by atoms with Crippen LogP contribution in [0.1, 0.15) is 18.4 Å². The molecular formula is C15H24ClFIN3S. The van der Waals surface area contributed by atoms with Crippen LogP contribution in [0.3, 0.4) is 0 Å². The van der Waals surface area contributed by atoms with Crippen LogP contribution in [-0.4, -0.2) is 38.1 Å². The second-order valence-corrected chi connectivity index (χ2v) is 6.00. The van der Waals surface area contributed by atoms with E-state index in [2.05, 4.69) is 21.9 Å². The molecule has 0 heterocycles. The van der Waals surface area contributed by atoms with Crippen molar-refractivity contribution in [3.8, 4) is 0 Å². The Morgan fingerprint density at radius 1 is 1.27 bits per heavy atom. The molecule has 0 amide bonds. The zero-order valence-corrected chi connectivity index (χ0v) is 16.9. The van der Waals surface area contributed by atoms with Crippen molar-refractivity contribution in [3.63, 3.8) is 0 Å². The van der Waals surface area contributed by atoms with Gasteiger partial charge in [-0.05, 0) is 49.0 Å². The largest absolute Gasteiger partial charge is 0.356 e. The molecule has 0 saturated carbocycles. The molecule has 7 heteroatoms. The highest BCUT2D eigenvalue weighted by Crippen LogP contribution is 2.17. The van der Waals surface area contributed by atoms with E-state index in [0.717, 1.165) is 30.9 Å². The van der Waals surface area contributed by atoms with E-state index in [4.69, 9.17) is 11.6 Å². The summed E-state index contributed by atoms with van der Waals surface area (Å²) >= 11 is 7.86. The fraction of sp³-hybridized carbons (Fsp3) is 0.533. The van der Waals surface area contributed by atoms with E-state index in [1.165, 1.54) is 24.3 Å². The Balaban J connectivity index is 0.00000441. The number of nitrogens with one attached hydrogen (secondary N) is 2. The van der Waals surface area contributed by atoms with E-state index >= 15 is 0 Å². The lowest BCUT2D eigenvalue weighted by molar-refractivity contribution is 0.627. The second kappa shape index (κ2) is 13.2. The van der Waals surface area contributed by atoms with Crippen molar-refractivity contribution in [1.82, 2.24) is 10.6 Å². The SMILES string of the molecule is CN=C(NCCCCSC)NCCc1ccc(F)cc1Cl.I. The number of hydrogen-bond acceptors (Lipinski definition) is 2. The maximum atomic E-state index is 12.9. The monoisotopic (exact) mass is 459 g/mol. The van der Waals surface area contributed by atoms with Gasteiger partial charge in [0.05, 0.1) is 0 Å². The number of halogens is 3. The molecule has 3 nitrogen and oxygen atoms in total. The fourth-order valence-corrected chi connectivity index (χ4v) is 2.59. The predicted octanol–water partition coefficient (Wildman–Crippen LogP) is 3.95. The number of aliphatic imine (C=N–C) groups is 1. The predicted molar refractivity (Wildman–Crippen MR) is 108 cm³/mol. The summed E-state index contributed by atoms with van der Waals surface area (Å²) < 4.78 is 12.9. The Kier molecular flexibility index (Phi) is 13.1. The van der Waals surface area contributed by atoms with Crippen molar-refractivity contribution in [1.29, 1.82) is 0 Å². The van der Waals surface area contributed by atoms with Crippen LogP contribution in [0.4, 0.5) is 4.39 Å². The van der Waals surface area contributed by atoms with Gasteiger partial charge in [-0.15, -0.1) is 24.0 Å². The van der Waals surface area contributed by atoms with E-state index in [1.807, 2.05) is 11.8 Å². The van der Waals surface area contributed by atoms with Gasteiger partial charge in [0, 0.05) is 25.2 Å². The Bertz CT molecular complexity index is 460. The number of rotatable bonds is 8. The highest BCUT2D eigenvalue weighted by atomic mass is 127. The average Bonchev–Trinajstić information content (AvgIpc) is 2.47. The molecule has 0 aliphatic carbocycles. The number of hydrogen-bond donors (Lipinski definition) is 2. The number of unbranched alkanes of at least 4 members (excludes halogenated alkanes) is 1. The third-order valence-corrected chi connectivity index (χ3v) is 4.04. The minimum absolute atomic E-state index is 0. The van der Waals surface area contributed by atoms with Gasteiger partial charge in [-0.25, -0.2) is 4.39 Å². The number of nitrogens with zero attached hydrogens (tertiary/aromatic N) is 1. The smallest absolute Gasteiger partial charge is 0.190 e. The number of benzene rings is 1. The van der Waals surface area contributed by atoms with Gasteiger partial charge in [-0.2, -0.15) is 11.8 Å². The highest BCUT2D eigenvalue weighted by Gasteiger charge is 2.03. The van der Waals surface area contributed by atoms with Crippen LogP contribution in [0.2, 0.25) is 5.02 Å². The summed E-state index contributed by atoms with van der Waals surface area (Å²) in [6, 6.07) is 4.49. The average molecular weight is 460 g/mol. The summed E-state index contributed by atoms with van der Waals surface area (Å²) in [6.45, 7) is 1.62. The minimum Gasteiger partial charge on any atom is -0.356 e. The molecule has 1 aromatic carbocycles. The maximum Gasteiger partial charge on any atom is 0.190 e. The number of thioether (sulfide) groups is 1. The maximum absolute atomic E-state index is 12.9. The lowest BCUT2D eigenvalue weighted by Crippen LogP contribution is -2.38. The molecule has 0 aliphatic heterocycles. The van der Waals surface area contributed by atoms with Gasteiger partial charge >= 0.3 is 0 Å². The highest BCUT2D eigenvalue weighted by molar-refractivity contribution is 14.0. The van der Waals surface area contributed by atoms with Gasteiger partial charge in [-0.1, -0.05) is 17.7 Å². The van der Waals surface area contributed by atoms with Crippen LogP contribution in [-0.2, 0) is 6.42 Å². The molecule has 0 aromatic heterocycles. The molecule has 126 valence electrons. The van der Waals surface area contributed by atoms with Gasteiger partial charge in [-0.3, -0.25) is 4.99 Å². The summed E-state index contributed by atoms with van der Waals surface area (Å²) in [5.74, 6) is 1.67. The molecule has 1 aromatic rings. The second-order valence-electron chi connectivity index (χ2n) is 4.61. The van der Waals surface area contributed by atoms with Crippen molar-refractivity contribution in [2.45, 2.75) is 19.3 Å². The lowest BCUT2D eigenvalue weighted by atomic mass is 10.1. The van der Waals surface area contributed by atoms with Crippen LogP contribution >= 0.6 is 47.3 Å². The summed E-state index contributed by atoms with van der Waals surface area (Å²) in [7, 11) is 1.75. The first-order valence-corrected chi connectivity index (χ1v) is 8.82. The molecule has 0 atom stereocenters. The first kappa shape index (κ1) is 21.8. The van der Waals surface area contributed by atoms with Crippen LogP contribution in [0.25, 0.3) is 0 Å². The summed E-state index contributed by atoms with van der Waals surface area (Å²) in [5.41, 5.74) is 0.931. The molecule has 0 aliphatic rings.